The third-order valence-corrected chi connectivity index (χ3v) is 5.60. The number of benzene rings is 1. The van der Waals surface area contributed by atoms with Crippen molar-refractivity contribution >= 4 is 17.8 Å². The molecule has 0 atom stereocenters. The summed E-state index contributed by atoms with van der Waals surface area (Å²) < 4.78 is 0. The lowest BCUT2D eigenvalue weighted by Gasteiger charge is -2.34. The summed E-state index contributed by atoms with van der Waals surface area (Å²) in [5, 5.41) is 3.00. The highest BCUT2D eigenvalue weighted by Crippen LogP contribution is 2.37. The molecule has 1 aliphatic heterocycles. The molecule has 0 bridgehead atoms. The van der Waals surface area contributed by atoms with Gasteiger partial charge in [-0.3, -0.25) is 14.5 Å². The molecule has 1 aromatic rings. The second-order valence-corrected chi connectivity index (χ2v) is 7.46. The Morgan fingerprint density at radius 1 is 1.08 bits per heavy atom. The van der Waals surface area contributed by atoms with Gasteiger partial charge in [0, 0.05) is 19.0 Å². The van der Waals surface area contributed by atoms with Crippen LogP contribution in [0.3, 0.4) is 0 Å². The van der Waals surface area contributed by atoms with Crippen LogP contribution in [0.1, 0.15) is 44.1 Å². The molecule has 6 heteroatoms. The van der Waals surface area contributed by atoms with E-state index in [0.717, 1.165) is 30.6 Å². The lowest BCUT2D eigenvalue weighted by molar-refractivity contribution is -0.130. The molecule has 2 fully saturated rings. The minimum absolute atomic E-state index is 0.0417. The number of amides is 4. The molecule has 4 amide bonds. The van der Waals surface area contributed by atoms with Gasteiger partial charge in [0.1, 0.15) is 13.1 Å². The second kappa shape index (κ2) is 7.89. The Kier molecular flexibility index (Phi) is 5.59. The van der Waals surface area contributed by atoms with Crippen LogP contribution in [-0.2, 0) is 15.0 Å². The minimum Gasteiger partial charge on any atom is -0.354 e. The highest BCUT2D eigenvalue weighted by Gasteiger charge is 2.36. The molecule has 2 aliphatic rings. The monoisotopic (exact) mass is 357 g/mol. The van der Waals surface area contributed by atoms with E-state index in [9.17, 15) is 14.4 Å². The molecule has 1 saturated carbocycles. The standard InChI is InChI=1S/C20H27N3O3/c1-22-14-18(25)23(19(22)26)13-17(24)21-15-20(11-7-2-3-8-12-20)16-9-5-4-6-10-16/h4-6,9-10H,2-3,7-8,11-15H2,1H3,(H,21,24). The molecular weight excluding hydrogens is 330 g/mol. The number of rotatable bonds is 5. The van der Waals surface area contributed by atoms with Crippen molar-refractivity contribution in [2.45, 2.75) is 43.9 Å². The minimum atomic E-state index is -0.405. The van der Waals surface area contributed by atoms with E-state index in [-0.39, 0.29) is 30.3 Å². The number of carbonyl (C=O) groups is 3. The SMILES string of the molecule is CN1CC(=O)N(CC(=O)NCC2(c3ccccc3)CCCCCC2)C1=O. The van der Waals surface area contributed by atoms with Crippen LogP contribution in [0.15, 0.2) is 30.3 Å². The third kappa shape index (κ3) is 3.89. The van der Waals surface area contributed by atoms with Crippen molar-refractivity contribution < 1.29 is 14.4 Å². The van der Waals surface area contributed by atoms with Crippen molar-refractivity contribution in [3.8, 4) is 0 Å². The zero-order valence-corrected chi connectivity index (χ0v) is 15.4. The van der Waals surface area contributed by atoms with Crippen molar-refractivity contribution in [3.63, 3.8) is 0 Å². The van der Waals surface area contributed by atoms with Crippen LogP contribution in [-0.4, -0.2) is 54.3 Å². The van der Waals surface area contributed by atoms with E-state index in [0.29, 0.717) is 6.54 Å². The Morgan fingerprint density at radius 3 is 2.31 bits per heavy atom. The van der Waals surface area contributed by atoms with Gasteiger partial charge >= 0.3 is 6.03 Å². The molecule has 1 aromatic carbocycles. The highest BCUT2D eigenvalue weighted by atomic mass is 16.2. The van der Waals surface area contributed by atoms with Crippen LogP contribution in [0.2, 0.25) is 0 Å². The van der Waals surface area contributed by atoms with Gasteiger partial charge in [-0.05, 0) is 18.4 Å². The molecule has 6 nitrogen and oxygen atoms in total. The molecule has 0 unspecified atom stereocenters. The van der Waals surface area contributed by atoms with E-state index in [1.807, 2.05) is 18.2 Å². The van der Waals surface area contributed by atoms with Gasteiger partial charge in [-0.2, -0.15) is 0 Å². The first-order valence-electron chi connectivity index (χ1n) is 9.39. The fourth-order valence-electron chi connectivity index (χ4n) is 4.06. The Hall–Kier alpha value is -2.37. The first-order valence-corrected chi connectivity index (χ1v) is 9.39. The summed E-state index contributed by atoms with van der Waals surface area (Å²) in [6, 6.07) is 9.97. The molecule has 1 aliphatic carbocycles. The van der Waals surface area contributed by atoms with Crippen molar-refractivity contribution in [1.82, 2.24) is 15.1 Å². The molecular formula is C20H27N3O3. The van der Waals surface area contributed by atoms with E-state index in [1.165, 1.54) is 23.3 Å². The van der Waals surface area contributed by atoms with Crippen molar-refractivity contribution in [2.75, 3.05) is 26.7 Å². The maximum Gasteiger partial charge on any atom is 0.327 e. The van der Waals surface area contributed by atoms with Gasteiger partial charge < -0.3 is 10.2 Å². The Labute approximate surface area is 154 Å². The topological polar surface area (TPSA) is 69.7 Å². The van der Waals surface area contributed by atoms with E-state index in [2.05, 4.69) is 17.4 Å². The zero-order chi connectivity index (χ0) is 18.6. The number of hydrogen-bond acceptors (Lipinski definition) is 3. The van der Waals surface area contributed by atoms with Crippen LogP contribution in [0.25, 0.3) is 0 Å². The van der Waals surface area contributed by atoms with Crippen LogP contribution in [0, 0.1) is 0 Å². The molecule has 1 saturated heterocycles. The molecule has 1 N–H and O–H groups in total. The van der Waals surface area contributed by atoms with Gasteiger partial charge in [0.05, 0.1) is 0 Å². The molecule has 140 valence electrons. The highest BCUT2D eigenvalue weighted by molar-refractivity contribution is 6.04. The Morgan fingerprint density at radius 2 is 1.73 bits per heavy atom. The van der Waals surface area contributed by atoms with E-state index >= 15 is 0 Å². The Balaban J connectivity index is 1.67. The van der Waals surface area contributed by atoms with Crippen molar-refractivity contribution in [1.29, 1.82) is 0 Å². The predicted molar refractivity (Wildman–Crippen MR) is 98.6 cm³/mol. The number of likely N-dealkylation sites (N-methyl/N-ethyl adjacent to an activating group) is 1. The number of urea groups is 1. The summed E-state index contributed by atoms with van der Waals surface area (Å²) in [5.41, 5.74) is 1.19. The fraction of sp³-hybridized carbons (Fsp3) is 0.550. The molecule has 0 spiro atoms. The van der Waals surface area contributed by atoms with E-state index in [1.54, 1.807) is 7.05 Å². The van der Waals surface area contributed by atoms with Gasteiger partial charge in [0.2, 0.25) is 5.91 Å². The normalized spacial score (nSPS) is 20.2. The molecule has 0 aromatic heterocycles. The number of hydrogen-bond donors (Lipinski definition) is 1. The summed E-state index contributed by atoms with van der Waals surface area (Å²) in [5.74, 6) is -0.596. The average molecular weight is 357 g/mol. The fourth-order valence-corrected chi connectivity index (χ4v) is 4.06. The Bertz CT molecular complexity index is 666. The second-order valence-electron chi connectivity index (χ2n) is 7.46. The van der Waals surface area contributed by atoms with Crippen LogP contribution < -0.4 is 5.32 Å². The van der Waals surface area contributed by atoms with Crippen molar-refractivity contribution in [3.05, 3.63) is 35.9 Å². The number of imide groups is 1. The average Bonchev–Trinajstić information content (AvgIpc) is 2.84. The number of nitrogens with one attached hydrogen (secondary N) is 1. The van der Waals surface area contributed by atoms with Crippen LogP contribution >= 0.6 is 0 Å². The lowest BCUT2D eigenvalue weighted by Crippen LogP contribution is -2.46. The van der Waals surface area contributed by atoms with Crippen molar-refractivity contribution in [2.24, 2.45) is 0 Å². The number of carbonyl (C=O) groups excluding carboxylic acids is 3. The first-order chi connectivity index (χ1) is 12.5. The predicted octanol–water partition coefficient (Wildman–Crippen LogP) is 2.29. The molecule has 3 rings (SSSR count). The number of nitrogens with zero attached hydrogens (tertiary/aromatic N) is 2. The summed E-state index contributed by atoms with van der Waals surface area (Å²) >= 11 is 0. The maximum absolute atomic E-state index is 12.4. The zero-order valence-electron chi connectivity index (χ0n) is 15.4. The maximum atomic E-state index is 12.4. The van der Waals surface area contributed by atoms with E-state index < -0.39 is 6.03 Å². The van der Waals surface area contributed by atoms with Crippen LogP contribution in [0.5, 0.6) is 0 Å². The molecule has 26 heavy (non-hydrogen) atoms. The summed E-state index contributed by atoms with van der Waals surface area (Å²) in [4.78, 5) is 38.6. The molecule has 0 radical (unpaired) electrons. The van der Waals surface area contributed by atoms with Gasteiger partial charge in [-0.15, -0.1) is 0 Å². The largest absolute Gasteiger partial charge is 0.354 e. The smallest absolute Gasteiger partial charge is 0.327 e. The first kappa shape index (κ1) is 18.4. The van der Waals surface area contributed by atoms with Crippen LogP contribution in [0.4, 0.5) is 4.79 Å². The van der Waals surface area contributed by atoms with Gasteiger partial charge in [0.15, 0.2) is 0 Å². The van der Waals surface area contributed by atoms with Gasteiger partial charge in [-0.1, -0.05) is 56.0 Å². The summed E-state index contributed by atoms with van der Waals surface area (Å²) in [6.07, 6.45) is 6.85. The summed E-state index contributed by atoms with van der Waals surface area (Å²) in [7, 11) is 1.56. The molecule has 1 heterocycles. The van der Waals surface area contributed by atoms with E-state index in [4.69, 9.17) is 0 Å². The third-order valence-electron chi connectivity index (χ3n) is 5.60. The lowest BCUT2D eigenvalue weighted by atomic mass is 9.74. The quantitative estimate of drug-likeness (QED) is 0.649. The van der Waals surface area contributed by atoms with Gasteiger partial charge in [0.25, 0.3) is 5.91 Å². The summed E-state index contributed by atoms with van der Waals surface area (Å²) in [6.45, 7) is 0.384. The van der Waals surface area contributed by atoms with Gasteiger partial charge in [-0.25, -0.2) is 4.79 Å².